The van der Waals surface area contributed by atoms with Crippen LogP contribution in [-0.2, 0) is 17.8 Å². The van der Waals surface area contributed by atoms with E-state index < -0.39 is 0 Å². The standard InChI is InChI=1S/C24H34N6O2S/c1-16(2)14-26-22-20-15-27-30(23(20)29-24(28-22)33-17(3)4)13-12-25-21(31)11-8-18-6-9-19(32-5)10-7-18/h6-7,9-10,15-17H,8,11-14H2,1-5H3,(H,25,31)(H,26,28,29). The lowest BCUT2D eigenvalue weighted by Gasteiger charge is -2.12. The number of benzene rings is 1. The maximum absolute atomic E-state index is 12.3. The van der Waals surface area contributed by atoms with E-state index >= 15 is 0 Å². The molecule has 0 saturated carbocycles. The minimum atomic E-state index is 0.0206. The molecule has 0 radical (unpaired) electrons. The number of carbonyl (C=O) groups excluding carboxylic acids is 1. The average Bonchev–Trinajstić information content (AvgIpc) is 3.19. The fourth-order valence-electron chi connectivity index (χ4n) is 3.24. The van der Waals surface area contributed by atoms with Crippen molar-refractivity contribution in [3.05, 3.63) is 36.0 Å². The number of rotatable bonds is 12. The Labute approximate surface area is 199 Å². The highest BCUT2D eigenvalue weighted by atomic mass is 32.2. The fraction of sp³-hybridized carbons (Fsp3) is 0.500. The summed E-state index contributed by atoms with van der Waals surface area (Å²) in [6.07, 6.45) is 2.93. The summed E-state index contributed by atoms with van der Waals surface area (Å²) in [5.41, 5.74) is 1.89. The van der Waals surface area contributed by atoms with Crippen LogP contribution in [0.15, 0.2) is 35.6 Å². The van der Waals surface area contributed by atoms with Crippen molar-refractivity contribution in [3.8, 4) is 5.75 Å². The van der Waals surface area contributed by atoms with E-state index in [0.29, 0.717) is 37.1 Å². The van der Waals surface area contributed by atoms with Crippen molar-refractivity contribution in [3.63, 3.8) is 0 Å². The number of aryl methyl sites for hydroxylation is 1. The van der Waals surface area contributed by atoms with Crippen LogP contribution in [0.4, 0.5) is 5.82 Å². The first-order valence-corrected chi connectivity index (χ1v) is 12.3. The summed E-state index contributed by atoms with van der Waals surface area (Å²) in [6.45, 7) is 10.4. The van der Waals surface area contributed by atoms with E-state index in [9.17, 15) is 4.79 Å². The molecule has 2 N–H and O–H groups in total. The Morgan fingerprint density at radius 3 is 2.58 bits per heavy atom. The Balaban J connectivity index is 1.60. The van der Waals surface area contributed by atoms with Gasteiger partial charge in [0.15, 0.2) is 10.8 Å². The first-order valence-electron chi connectivity index (χ1n) is 11.4. The topological polar surface area (TPSA) is 94.0 Å². The van der Waals surface area contributed by atoms with Gasteiger partial charge in [0.05, 0.1) is 25.2 Å². The summed E-state index contributed by atoms with van der Waals surface area (Å²) in [4.78, 5) is 21.8. The summed E-state index contributed by atoms with van der Waals surface area (Å²) in [5.74, 6) is 2.15. The van der Waals surface area contributed by atoms with Gasteiger partial charge >= 0.3 is 0 Å². The maximum Gasteiger partial charge on any atom is 0.220 e. The lowest BCUT2D eigenvalue weighted by Crippen LogP contribution is -2.27. The lowest BCUT2D eigenvalue weighted by atomic mass is 10.1. The predicted octanol–water partition coefficient (Wildman–Crippen LogP) is 4.15. The van der Waals surface area contributed by atoms with Crippen molar-refractivity contribution in [1.29, 1.82) is 0 Å². The van der Waals surface area contributed by atoms with Crippen LogP contribution < -0.4 is 15.4 Å². The summed E-state index contributed by atoms with van der Waals surface area (Å²) >= 11 is 1.63. The van der Waals surface area contributed by atoms with E-state index in [1.807, 2.05) is 28.9 Å². The number of hydrogen-bond acceptors (Lipinski definition) is 7. The molecular formula is C24H34N6O2S. The maximum atomic E-state index is 12.3. The van der Waals surface area contributed by atoms with Crippen molar-refractivity contribution in [1.82, 2.24) is 25.1 Å². The summed E-state index contributed by atoms with van der Waals surface area (Å²) in [5, 5.41) is 12.9. The molecule has 9 heteroatoms. The van der Waals surface area contributed by atoms with Gasteiger partial charge < -0.3 is 15.4 Å². The molecule has 3 aromatic rings. The number of methoxy groups -OCH3 is 1. The number of hydrogen-bond donors (Lipinski definition) is 2. The van der Waals surface area contributed by atoms with Crippen LogP contribution in [0.5, 0.6) is 5.75 Å². The van der Waals surface area contributed by atoms with Crippen molar-refractivity contribution < 1.29 is 9.53 Å². The third-order valence-electron chi connectivity index (χ3n) is 4.94. The molecule has 0 spiro atoms. The SMILES string of the molecule is COc1ccc(CCC(=O)NCCn2ncc3c(NCC(C)C)nc(SC(C)C)nc32)cc1. The van der Waals surface area contributed by atoms with Crippen LogP contribution in [-0.4, -0.2) is 51.1 Å². The van der Waals surface area contributed by atoms with Crippen LogP contribution in [0.1, 0.15) is 39.7 Å². The Kier molecular flexibility index (Phi) is 8.94. The summed E-state index contributed by atoms with van der Waals surface area (Å²) < 4.78 is 7.01. The first kappa shape index (κ1) is 24.8. The van der Waals surface area contributed by atoms with Crippen molar-refractivity contribution in [2.45, 2.75) is 57.5 Å². The van der Waals surface area contributed by atoms with E-state index in [2.05, 4.69) is 43.4 Å². The molecule has 0 aliphatic rings. The number of carbonyl (C=O) groups is 1. The number of nitrogens with zero attached hydrogens (tertiary/aromatic N) is 4. The molecule has 2 aromatic heterocycles. The summed E-state index contributed by atoms with van der Waals surface area (Å²) in [7, 11) is 1.64. The zero-order valence-corrected chi connectivity index (χ0v) is 20.9. The number of aromatic nitrogens is 4. The minimum absolute atomic E-state index is 0.0206. The largest absolute Gasteiger partial charge is 0.497 e. The van der Waals surface area contributed by atoms with Gasteiger partial charge in [-0.2, -0.15) is 5.10 Å². The molecule has 0 fully saturated rings. The van der Waals surface area contributed by atoms with Crippen molar-refractivity contribution in [2.24, 2.45) is 5.92 Å². The molecule has 0 unspecified atom stereocenters. The monoisotopic (exact) mass is 470 g/mol. The molecule has 0 atom stereocenters. The van der Waals surface area contributed by atoms with E-state index in [1.54, 1.807) is 25.1 Å². The number of thioether (sulfide) groups is 1. The molecule has 0 saturated heterocycles. The molecule has 8 nitrogen and oxygen atoms in total. The quantitative estimate of drug-likeness (QED) is 0.303. The molecule has 2 heterocycles. The Bertz CT molecular complexity index is 1050. The molecule has 1 aromatic carbocycles. The minimum Gasteiger partial charge on any atom is -0.497 e. The van der Waals surface area contributed by atoms with Crippen LogP contribution in [0.25, 0.3) is 11.0 Å². The predicted molar refractivity (Wildman–Crippen MR) is 134 cm³/mol. The van der Waals surface area contributed by atoms with E-state index in [0.717, 1.165) is 39.9 Å². The van der Waals surface area contributed by atoms with Gasteiger partial charge in [-0.15, -0.1) is 0 Å². The van der Waals surface area contributed by atoms with E-state index in [1.165, 1.54) is 0 Å². The zero-order chi connectivity index (χ0) is 23.8. The third kappa shape index (κ3) is 7.35. The molecule has 0 aliphatic heterocycles. The first-order chi connectivity index (χ1) is 15.9. The number of fused-ring (bicyclic) bond motifs is 1. The third-order valence-corrected chi connectivity index (χ3v) is 5.80. The van der Waals surface area contributed by atoms with Gasteiger partial charge in [0.1, 0.15) is 11.6 Å². The van der Waals surface area contributed by atoms with Crippen molar-refractivity contribution in [2.75, 3.05) is 25.5 Å². The van der Waals surface area contributed by atoms with Crippen LogP contribution in [0.3, 0.4) is 0 Å². The second-order valence-corrected chi connectivity index (χ2v) is 10.1. The second kappa shape index (κ2) is 11.9. The summed E-state index contributed by atoms with van der Waals surface area (Å²) in [6, 6.07) is 7.79. The average molecular weight is 471 g/mol. The van der Waals surface area contributed by atoms with Crippen molar-refractivity contribution >= 4 is 34.5 Å². The smallest absolute Gasteiger partial charge is 0.220 e. The van der Waals surface area contributed by atoms with Gasteiger partial charge in [-0.25, -0.2) is 14.6 Å². The number of ether oxygens (including phenoxy) is 1. The normalized spacial score (nSPS) is 11.4. The van der Waals surface area contributed by atoms with Gasteiger partial charge in [-0.1, -0.05) is 51.6 Å². The Morgan fingerprint density at radius 2 is 1.91 bits per heavy atom. The highest BCUT2D eigenvalue weighted by Gasteiger charge is 2.15. The molecule has 33 heavy (non-hydrogen) atoms. The molecule has 1 amide bonds. The highest BCUT2D eigenvalue weighted by Crippen LogP contribution is 2.26. The van der Waals surface area contributed by atoms with Crippen LogP contribution >= 0.6 is 11.8 Å². The Morgan fingerprint density at radius 1 is 1.15 bits per heavy atom. The van der Waals surface area contributed by atoms with Crippen LogP contribution in [0.2, 0.25) is 0 Å². The zero-order valence-electron chi connectivity index (χ0n) is 20.1. The molecule has 0 bridgehead atoms. The molecule has 0 aliphatic carbocycles. The van der Waals surface area contributed by atoms with Gasteiger partial charge in [0, 0.05) is 24.8 Å². The van der Waals surface area contributed by atoms with Gasteiger partial charge in [-0.3, -0.25) is 4.79 Å². The lowest BCUT2D eigenvalue weighted by molar-refractivity contribution is -0.121. The number of amides is 1. The second-order valence-electron chi connectivity index (χ2n) is 8.60. The van der Waals surface area contributed by atoms with E-state index in [-0.39, 0.29) is 5.91 Å². The fourth-order valence-corrected chi connectivity index (χ4v) is 3.94. The molecule has 3 rings (SSSR count). The molecular weight excluding hydrogens is 436 g/mol. The van der Waals surface area contributed by atoms with Gasteiger partial charge in [0.2, 0.25) is 5.91 Å². The number of anilines is 1. The van der Waals surface area contributed by atoms with E-state index in [4.69, 9.17) is 14.7 Å². The van der Waals surface area contributed by atoms with Gasteiger partial charge in [-0.05, 0) is 30.0 Å². The number of nitrogens with one attached hydrogen (secondary N) is 2. The highest BCUT2D eigenvalue weighted by molar-refractivity contribution is 7.99. The van der Waals surface area contributed by atoms with Crippen LogP contribution in [0, 0.1) is 5.92 Å². The Hall–Kier alpha value is -2.81. The van der Waals surface area contributed by atoms with Gasteiger partial charge in [0.25, 0.3) is 0 Å². The molecule has 178 valence electrons.